The number of hydrogen-bond acceptors (Lipinski definition) is 3. The lowest BCUT2D eigenvalue weighted by Crippen LogP contribution is -2.42. The molecule has 0 fully saturated rings. The molecule has 0 spiro atoms. The van der Waals surface area contributed by atoms with Gasteiger partial charge in [-0.1, -0.05) is 18.2 Å². The Balaban J connectivity index is 1.80. The molecule has 2 aromatic carbocycles. The fraction of sp³-hybridized carbons (Fsp3) is 0.316. The van der Waals surface area contributed by atoms with Gasteiger partial charge in [-0.25, -0.2) is 4.79 Å². The van der Waals surface area contributed by atoms with Crippen molar-refractivity contribution in [2.24, 2.45) is 0 Å². The molecule has 1 atom stereocenters. The Morgan fingerprint density at radius 2 is 1.96 bits per heavy atom. The summed E-state index contributed by atoms with van der Waals surface area (Å²) in [4.78, 5) is 12.4. The van der Waals surface area contributed by atoms with Crippen LogP contribution in [0.1, 0.15) is 31.9 Å². The van der Waals surface area contributed by atoms with Gasteiger partial charge in [0, 0.05) is 17.7 Å². The fourth-order valence-corrected chi connectivity index (χ4v) is 2.94. The van der Waals surface area contributed by atoms with Crippen LogP contribution in [0.15, 0.2) is 48.5 Å². The molecule has 2 aromatic rings. The van der Waals surface area contributed by atoms with E-state index >= 15 is 0 Å². The number of para-hydroxylation sites is 1. The Hall–Kier alpha value is -2.69. The summed E-state index contributed by atoms with van der Waals surface area (Å²) in [6, 6.07) is 14.7. The monoisotopic (exact) mass is 326 g/mol. The van der Waals surface area contributed by atoms with Crippen molar-refractivity contribution in [3.8, 4) is 11.5 Å². The van der Waals surface area contributed by atoms with E-state index in [1.54, 1.807) is 7.11 Å². The highest BCUT2D eigenvalue weighted by Gasteiger charge is 2.34. The zero-order valence-corrected chi connectivity index (χ0v) is 14.1. The van der Waals surface area contributed by atoms with Gasteiger partial charge in [-0.3, -0.25) is 0 Å². The average Bonchev–Trinajstić information content (AvgIpc) is 2.54. The Kier molecular flexibility index (Phi) is 4.34. The molecule has 2 amide bonds. The standard InChI is InChI=1S/C19H22N2O3/c1-19(2)12-16(15-11-14(23-3)9-10-17(15)24-19)21-18(22)20-13-7-5-4-6-8-13/h4-11,16H,12H2,1-3H3,(H2,20,21,22)/t16-/m1/s1. The summed E-state index contributed by atoms with van der Waals surface area (Å²) in [7, 11) is 1.62. The number of nitrogens with one attached hydrogen (secondary N) is 2. The van der Waals surface area contributed by atoms with E-state index in [1.807, 2.05) is 62.4 Å². The van der Waals surface area contributed by atoms with E-state index in [1.165, 1.54) is 0 Å². The number of ether oxygens (including phenoxy) is 2. The van der Waals surface area contributed by atoms with Crippen molar-refractivity contribution in [2.75, 3.05) is 12.4 Å². The maximum Gasteiger partial charge on any atom is 0.319 e. The number of hydrogen-bond donors (Lipinski definition) is 2. The molecule has 0 bridgehead atoms. The summed E-state index contributed by atoms with van der Waals surface area (Å²) in [5.41, 5.74) is 1.33. The maximum absolute atomic E-state index is 12.4. The van der Waals surface area contributed by atoms with Gasteiger partial charge in [-0.05, 0) is 44.2 Å². The van der Waals surface area contributed by atoms with Crippen LogP contribution >= 0.6 is 0 Å². The normalized spacial score (nSPS) is 18.0. The summed E-state index contributed by atoms with van der Waals surface area (Å²) in [6.45, 7) is 4.04. The van der Waals surface area contributed by atoms with Crippen LogP contribution in [0, 0.1) is 0 Å². The highest BCUT2D eigenvalue weighted by molar-refractivity contribution is 5.89. The van der Waals surface area contributed by atoms with Gasteiger partial charge in [0.2, 0.25) is 0 Å². The van der Waals surface area contributed by atoms with Crippen molar-refractivity contribution >= 4 is 11.7 Å². The molecule has 1 aliphatic rings. The molecule has 24 heavy (non-hydrogen) atoms. The number of amides is 2. The molecule has 1 heterocycles. The number of fused-ring (bicyclic) bond motifs is 1. The first-order valence-corrected chi connectivity index (χ1v) is 7.96. The van der Waals surface area contributed by atoms with Gasteiger partial charge >= 0.3 is 6.03 Å². The van der Waals surface area contributed by atoms with Gasteiger partial charge in [0.05, 0.1) is 13.2 Å². The van der Waals surface area contributed by atoms with Crippen LogP contribution in [0.25, 0.3) is 0 Å². The van der Waals surface area contributed by atoms with Crippen LogP contribution in [0.3, 0.4) is 0 Å². The quantitative estimate of drug-likeness (QED) is 0.892. The molecule has 5 heteroatoms. The van der Waals surface area contributed by atoms with Crippen molar-refractivity contribution in [3.63, 3.8) is 0 Å². The van der Waals surface area contributed by atoms with E-state index < -0.39 is 0 Å². The second kappa shape index (κ2) is 6.43. The SMILES string of the molecule is COc1ccc2c(c1)[C@H](NC(=O)Nc1ccccc1)CC(C)(C)O2. The molecule has 0 saturated carbocycles. The van der Waals surface area contributed by atoms with Crippen molar-refractivity contribution in [2.45, 2.75) is 31.9 Å². The first-order chi connectivity index (χ1) is 11.5. The molecular weight excluding hydrogens is 304 g/mol. The summed E-state index contributed by atoms with van der Waals surface area (Å²) in [5, 5.41) is 5.90. The summed E-state index contributed by atoms with van der Waals surface area (Å²) in [6.07, 6.45) is 0.676. The van der Waals surface area contributed by atoms with E-state index in [-0.39, 0.29) is 17.7 Å². The van der Waals surface area contributed by atoms with Gasteiger partial charge in [0.15, 0.2) is 0 Å². The van der Waals surface area contributed by atoms with E-state index in [9.17, 15) is 4.79 Å². The van der Waals surface area contributed by atoms with E-state index in [0.29, 0.717) is 6.42 Å². The molecular formula is C19H22N2O3. The lowest BCUT2D eigenvalue weighted by atomic mass is 9.89. The molecule has 1 aliphatic heterocycles. The smallest absolute Gasteiger partial charge is 0.319 e. The second-order valence-corrected chi connectivity index (χ2v) is 6.49. The van der Waals surface area contributed by atoms with E-state index in [4.69, 9.17) is 9.47 Å². The Morgan fingerprint density at radius 1 is 1.21 bits per heavy atom. The minimum absolute atomic E-state index is 0.150. The van der Waals surface area contributed by atoms with Gasteiger partial charge < -0.3 is 20.1 Å². The van der Waals surface area contributed by atoms with Gasteiger partial charge in [0.25, 0.3) is 0 Å². The number of benzene rings is 2. The summed E-state index contributed by atoms with van der Waals surface area (Å²) in [5.74, 6) is 1.52. The molecule has 5 nitrogen and oxygen atoms in total. The lowest BCUT2D eigenvalue weighted by Gasteiger charge is -2.38. The third-order valence-electron chi connectivity index (χ3n) is 4.01. The highest BCUT2D eigenvalue weighted by Crippen LogP contribution is 2.41. The van der Waals surface area contributed by atoms with Crippen LogP contribution in [0.4, 0.5) is 10.5 Å². The van der Waals surface area contributed by atoms with Crippen molar-refractivity contribution in [3.05, 3.63) is 54.1 Å². The first kappa shape index (κ1) is 16.2. The van der Waals surface area contributed by atoms with Gasteiger partial charge in [0.1, 0.15) is 17.1 Å². The van der Waals surface area contributed by atoms with Gasteiger partial charge in [-0.15, -0.1) is 0 Å². The molecule has 3 rings (SSSR count). The minimum atomic E-state index is -0.355. The predicted molar refractivity (Wildman–Crippen MR) is 93.7 cm³/mol. The number of rotatable bonds is 3. The third-order valence-corrected chi connectivity index (χ3v) is 4.01. The average molecular weight is 326 g/mol. The molecule has 2 N–H and O–H groups in total. The Morgan fingerprint density at radius 3 is 2.67 bits per heavy atom. The number of carbonyl (C=O) groups is 1. The first-order valence-electron chi connectivity index (χ1n) is 7.96. The topological polar surface area (TPSA) is 59.6 Å². The van der Waals surface area contributed by atoms with Crippen molar-refractivity contribution < 1.29 is 14.3 Å². The van der Waals surface area contributed by atoms with Crippen molar-refractivity contribution in [1.82, 2.24) is 5.32 Å². The predicted octanol–water partition coefficient (Wildman–Crippen LogP) is 4.12. The number of carbonyl (C=O) groups excluding carboxylic acids is 1. The molecule has 0 unspecified atom stereocenters. The van der Waals surface area contributed by atoms with E-state index in [2.05, 4.69) is 10.6 Å². The molecule has 0 aliphatic carbocycles. The molecule has 0 aromatic heterocycles. The molecule has 0 radical (unpaired) electrons. The number of methoxy groups -OCH3 is 1. The summed E-state index contributed by atoms with van der Waals surface area (Å²) >= 11 is 0. The molecule has 0 saturated heterocycles. The zero-order valence-electron chi connectivity index (χ0n) is 14.1. The fourth-order valence-electron chi connectivity index (χ4n) is 2.94. The van der Waals surface area contributed by atoms with Crippen molar-refractivity contribution in [1.29, 1.82) is 0 Å². The molecule has 126 valence electrons. The minimum Gasteiger partial charge on any atom is -0.497 e. The van der Waals surface area contributed by atoms with Crippen LogP contribution in [-0.2, 0) is 0 Å². The second-order valence-electron chi connectivity index (χ2n) is 6.49. The highest BCUT2D eigenvalue weighted by atomic mass is 16.5. The third kappa shape index (κ3) is 3.62. The Labute approximate surface area is 142 Å². The van der Waals surface area contributed by atoms with Crippen LogP contribution < -0.4 is 20.1 Å². The van der Waals surface area contributed by atoms with Gasteiger partial charge in [-0.2, -0.15) is 0 Å². The largest absolute Gasteiger partial charge is 0.497 e. The summed E-state index contributed by atoms with van der Waals surface area (Å²) < 4.78 is 11.3. The number of anilines is 1. The van der Waals surface area contributed by atoms with E-state index in [0.717, 1.165) is 22.7 Å². The van der Waals surface area contributed by atoms with Crippen LogP contribution in [0.5, 0.6) is 11.5 Å². The zero-order chi connectivity index (χ0) is 17.2. The van der Waals surface area contributed by atoms with Crippen LogP contribution in [-0.4, -0.2) is 18.7 Å². The Bertz CT molecular complexity index is 729. The maximum atomic E-state index is 12.4. The lowest BCUT2D eigenvalue weighted by molar-refractivity contribution is 0.0681. The number of urea groups is 1. The van der Waals surface area contributed by atoms with Crippen LogP contribution in [0.2, 0.25) is 0 Å².